The Morgan fingerprint density at radius 3 is 2.90 bits per heavy atom. The predicted molar refractivity (Wildman–Crippen MR) is 107 cm³/mol. The Hall–Kier alpha value is -3.93. The number of imidazole rings is 1. The van der Waals surface area contributed by atoms with Crippen LogP contribution in [0.25, 0.3) is 0 Å². The second-order valence-electron chi connectivity index (χ2n) is 7.08. The number of anilines is 1. The van der Waals surface area contributed by atoms with Crippen LogP contribution in [0, 0.1) is 11.3 Å². The fourth-order valence-electron chi connectivity index (χ4n) is 3.27. The number of nitrogens with one attached hydrogen (secondary N) is 1. The Bertz CT molecular complexity index is 1150. The van der Waals surface area contributed by atoms with Crippen molar-refractivity contribution >= 4 is 17.4 Å². The molecule has 4 rings (SSSR count). The lowest BCUT2D eigenvalue weighted by molar-refractivity contribution is 0.102. The van der Waals surface area contributed by atoms with Crippen molar-refractivity contribution in [3.05, 3.63) is 65.5 Å². The Kier molecular flexibility index (Phi) is 4.60. The molecule has 0 fully saturated rings. The van der Waals surface area contributed by atoms with Gasteiger partial charge in [-0.15, -0.1) is 0 Å². The van der Waals surface area contributed by atoms with Gasteiger partial charge in [0.05, 0.1) is 24.2 Å². The van der Waals surface area contributed by atoms with Gasteiger partial charge in [-0.1, -0.05) is 0 Å². The van der Waals surface area contributed by atoms with E-state index in [2.05, 4.69) is 26.5 Å². The zero-order valence-corrected chi connectivity index (χ0v) is 16.1. The minimum absolute atomic E-state index is 0.167. The van der Waals surface area contributed by atoms with Gasteiger partial charge in [-0.25, -0.2) is 4.98 Å². The first-order valence-electron chi connectivity index (χ1n) is 9.21. The average Bonchev–Trinajstić information content (AvgIpc) is 3.37. The van der Waals surface area contributed by atoms with Crippen LogP contribution < -0.4 is 11.1 Å². The molecule has 9 heteroatoms. The van der Waals surface area contributed by atoms with Crippen LogP contribution in [0.3, 0.4) is 0 Å². The molecule has 3 N–H and O–H groups in total. The molecular weight excluding hydrogens is 368 g/mol. The summed E-state index contributed by atoms with van der Waals surface area (Å²) in [4.78, 5) is 21.3. The maximum absolute atomic E-state index is 12.6. The molecule has 3 heterocycles. The van der Waals surface area contributed by atoms with Crippen LogP contribution in [0.1, 0.15) is 53.4 Å². The van der Waals surface area contributed by atoms with E-state index >= 15 is 0 Å². The summed E-state index contributed by atoms with van der Waals surface area (Å²) in [6.07, 6.45) is 5.26. The number of hydrogen-bond donors (Lipinski definition) is 2. The Labute approximate surface area is 167 Å². The molecular formula is C20H20N8O. The minimum Gasteiger partial charge on any atom is -0.381 e. The molecule has 0 aliphatic carbocycles. The van der Waals surface area contributed by atoms with E-state index in [0.717, 1.165) is 0 Å². The third-order valence-electron chi connectivity index (χ3n) is 4.77. The van der Waals surface area contributed by atoms with E-state index in [0.29, 0.717) is 40.7 Å². The number of aromatic nitrogens is 4. The van der Waals surface area contributed by atoms with Gasteiger partial charge in [0, 0.05) is 30.3 Å². The first-order chi connectivity index (χ1) is 14.0. The van der Waals surface area contributed by atoms with E-state index in [4.69, 9.17) is 5.73 Å². The maximum Gasteiger partial charge on any atom is 0.276 e. The highest BCUT2D eigenvalue weighted by Gasteiger charge is 2.24. The van der Waals surface area contributed by atoms with Crippen LogP contribution in [-0.2, 0) is 6.54 Å². The van der Waals surface area contributed by atoms with E-state index in [1.54, 1.807) is 41.3 Å². The zero-order chi connectivity index (χ0) is 20.5. The third-order valence-corrected chi connectivity index (χ3v) is 4.77. The molecule has 29 heavy (non-hydrogen) atoms. The number of nitrogens with two attached hydrogens (primary N) is 1. The summed E-state index contributed by atoms with van der Waals surface area (Å²) in [5, 5.41) is 16.7. The largest absolute Gasteiger partial charge is 0.381 e. The summed E-state index contributed by atoms with van der Waals surface area (Å²) >= 11 is 0. The molecule has 0 bridgehead atoms. The number of carbonyl (C=O) groups excluding carboxylic acids is 1. The van der Waals surface area contributed by atoms with Gasteiger partial charge in [0.1, 0.15) is 0 Å². The molecule has 1 amide bonds. The smallest absolute Gasteiger partial charge is 0.276 e. The summed E-state index contributed by atoms with van der Waals surface area (Å²) < 4.78 is 3.62. The number of amides is 1. The molecule has 9 nitrogen and oxygen atoms in total. The van der Waals surface area contributed by atoms with Gasteiger partial charge in [0.15, 0.2) is 17.4 Å². The summed E-state index contributed by atoms with van der Waals surface area (Å²) in [5.74, 6) is 0.623. The lowest BCUT2D eigenvalue weighted by atomic mass is 9.99. The molecule has 0 radical (unpaired) electrons. The van der Waals surface area contributed by atoms with Gasteiger partial charge in [-0.2, -0.15) is 10.4 Å². The van der Waals surface area contributed by atoms with Crippen LogP contribution in [-0.4, -0.2) is 31.1 Å². The highest BCUT2D eigenvalue weighted by Crippen LogP contribution is 2.29. The van der Waals surface area contributed by atoms with Crippen molar-refractivity contribution < 1.29 is 4.79 Å². The van der Waals surface area contributed by atoms with Crippen LogP contribution in [0.4, 0.5) is 5.69 Å². The van der Waals surface area contributed by atoms with Gasteiger partial charge >= 0.3 is 0 Å². The van der Waals surface area contributed by atoms with Crippen molar-refractivity contribution in [3.63, 3.8) is 0 Å². The van der Waals surface area contributed by atoms with E-state index in [1.807, 2.05) is 24.6 Å². The van der Waals surface area contributed by atoms with Gasteiger partial charge in [0.25, 0.3) is 5.91 Å². The molecule has 1 aromatic carbocycles. The molecule has 2 aromatic heterocycles. The Morgan fingerprint density at radius 1 is 1.34 bits per heavy atom. The first-order valence-corrected chi connectivity index (χ1v) is 9.21. The summed E-state index contributed by atoms with van der Waals surface area (Å²) in [7, 11) is 0. The van der Waals surface area contributed by atoms with Gasteiger partial charge in [-0.3, -0.25) is 14.5 Å². The lowest BCUT2D eigenvalue weighted by Crippen LogP contribution is -2.27. The molecule has 0 saturated heterocycles. The molecule has 3 aromatic rings. The number of nitrogens with zero attached hydrogens (tertiary/aromatic N) is 6. The topological polar surface area (TPSA) is 127 Å². The van der Waals surface area contributed by atoms with Crippen LogP contribution in [0.15, 0.2) is 47.8 Å². The molecule has 0 saturated carbocycles. The number of carbonyl (C=O) groups is 1. The summed E-state index contributed by atoms with van der Waals surface area (Å²) in [6.45, 7) is 4.49. The maximum atomic E-state index is 12.6. The monoisotopic (exact) mass is 388 g/mol. The number of hydrogen-bond acceptors (Lipinski definition) is 6. The van der Waals surface area contributed by atoms with Gasteiger partial charge < -0.3 is 15.6 Å². The molecule has 0 spiro atoms. The number of fused-ring (bicyclic) bond motifs is 1. The molecule has 1 atom stereocenters. The normalized spacial score (nSPS) is 15.5. The zero-order valence-electron chi connectivity index (χ0n) is 16.1. The van der Waals surface area contributed by atoms with Gasteiger partial charge in [-0.05, 0) is 43.7 Å². The highest BCUT2D eigenvalue weighted by atomic mass is 16.1. The number of amidine groups is 1. The Balaban J connectivity index is 1.61. The molecule has 146 valence electrons. The molecule has 1 aliphatic rings. The number of aliphatic imine (C=N–C) groups is 1. The van der Waals surface area contributed by atoms with E-state index in [1.165, 1.54) is 0 Å². The van der Waals surface area contributed by atoms with Crippen LogP contribution in [0.5, 0.6) is 0 Å². The first kappa shape index (κ1) is 18.4. The number of nitriles is 1. The SMILES string of the molecule is CC(C)n1ccc(C(=O)Nc2ccc(C#N)c(C3Cn4ccnc4C(N)=N3)c2)n1. The van der Waals surface area contributed by atoms with Crippen molar-refractivity contribution in [2.24, 2.45) is 10.7 Å². The average molecular weight is 388 g/mol. The van der Waals surface area contributed by atoms with Gasteiger partial charge in [0.2, 0.25) is 0 Å². The van der Waals surface area contributed by atoms with E-state index < -0.39 is 0 Å². The van der Waals surface area contributed by atoms with E-state index in [9.17, 15) is 10.1 Å². The van der Waals surface area contributed by atoms with Crippen LogP contribution in [0.2, 0.25) is 0 Å². The fraction of sp³-hybridized carbons (Fsp3) is 0.250. The standard InChI is InChI=1S/C20H20N8O/c1-12(2)28-7-5-16(26-28)20(29)24-14-4-3-13(10-21)15(9-14)17-11-27-8-6-23-19(27)18(22)25-17/h3-9,12,17H,11H2,1-2H3,(H2,22,25)(H,24,29). The molecule has 1 aliphatic heterocycles. The number of benzene rings is 1. The number of rotatable bonds is 4. The highest BCUT2D eigenvalue weighted by molar-refractivity contribution is 6.02. The quantitative estimate of drug-likeness (QED) is 0.709. The van der Waals surface area contributed by atoms with E-state index in [-0.39, 0.29) is 18.0 Å². The van der Waals surface area contributed by atoms with Crippen molar-refractivity contribution in [2.45, 2.75) is 32.5 Å². The van der Waals surface area contributed by atoms with Crippen molar-refractivity contribution in [2.75, 3.05) is 5.32 Å². The summed E-state index contributed by atoms with van der Waals surface area (Å²) in [6, 6.07) is 8.82. The lowest BCUT2D eigenvalue weighted by Gasteiger charge is -2.22. The third kappa shape index (κ3) is 3.48. The Morgan fingerprint density at radius 2 is 2.17 bits per heavy atom. The van der Waals surface area contributed by atoms with Crippen molar-refractivity contribution in [1.29, 1.82) is 5.26 Å². The molecule has 1 unspecified atom stereocenters. The minimum atomic E-state index is -0.344. The second-order valence-corrected chi connectivity index (χ2v) is 7.08. The van der Waals surface area contributed by atoms with Crippen molar-refractivity contribution in [3.8, 4) is 6.07 Å². The van der Waals surface area contributed by atoms with Crippen molar-refractivity contribution in [1.82, 2.24) is 19.3 Å². The fourth-order valence-corrected chi connectivity index (χ4v) is 3.27. The predicted octanol–water partition coefficient (Wildman–Crippen LogP) is 2.24. The van der Waals surface area contributed by atoms with Crippen LogP contribution >= 0.6 is 0 Å². The summed E-state index contributed by atoms with van der Waals surface area (Å²) in [5.41, 5.74) is 8.10. The second kappa shape index (κ2) is 7.24.